The quantitative estimate of drug-likeness (QED) is 0.102. The van der Waals surface area contributed by atoms with Gasteiger partial charge in [0.05, 0.1) is 50.1 Å². The Morgan fingerprint density at radius 2 is 1.29 bits per heavy atom. The number of hydrogen-bond acceptors (Lipinski definition) is 8. The van der Waals surface area contributed by atoms with Gasteiger partial charge in [0, 0.05) is 6.54 Å². The van der Waals surface area contributed by atoms with Crippen molar-refractivity contribution in [1.29, 1.82) is 0 Å². The van der Waals surface area contributed by atoms with Crippen molar-refractivity contribution in [3.05, 3.63) is 71.6 Å². The van der Waals surface area contributed by atoms with Crippen LogP contribution >= 0.6 is 0 Å². The number of methoxy groups -OCH3 is 2. The number of nitrogens with zero attached hydrogens (tertiary/aromatic N) is 3. The highest BCUT2D eigenvalue weighted by Crippen LogP contribution is 2.40. The van der Waals surface area contributed by atoms with Crippen molar-refractivity contribution >= 4 is 24.0 Å². The van der Waals surface area contributed by atoms with E-state index in [4.69, 9.17) is 19.4 Å². The smallest absolute Gasteiger partial charge is 0.407 e. The third-order valence-electron chi connectivity index (χ3n) is 12.1. The second kappa shape index (κ2) is 17.5. The van der Waals surface area contributed by atoms with Gasteiger partial charge in [-0.25, -0.2) is 19.6 Å². The first-order chi connectivity index (χ1) is 27.9. The number of hydrogen-bond donors (Lipinski definition) is 5. The number of aryl methyl sites for hydroxylation is 2. The molecule has 2 aromatic heterocycles. The van der Waals surface area contributed by atoms with Crippen LogP contribution in [0.25, 0.3) is 33.6 Å². The molecule has 7 rings (SSSR count). The van der Waals surface area contributed by atoms with Gasteiger partial charge < -0.3 is 40.3 Å². The molecule has 4 atom stereocenters. The molecule has 2 aromatic carbocycles. The second-order valence-electron chi connectivity index (χ2n) is 16.5. The van der Waals surface area contributed by atoms with Crippen LogP contribution in [0.15, 0.2) is 48.8 Å². The molecule has 3 heterocycles. The number of amides is 4. The fourth-order valence-corrected chi connectivity index (χ4v) is 8.88. The normalized spacial score (nSPS) is 18.0. The molecule has 0 unspecified atom stereocenters. The van der Waals surface area contributed by atoms with Crippen molar-refractivity contribution in [2.45, 2.75) is 103 Å². The minimum absolute atomic E-state index is 0.103. The third-order valence-corrected chi connectivity index (χ3v) is 12.1. The molecule has 3 aliphatic rings. The number of carbonyl (C=O) groups is 4. The molecule has 1 saturated carbocycles. The Kier molecular flexibility index (Phi) is 12.2. The number of likely N-dealkylation sites (tertiary alicyclic amines) is 1. The molecule has 4 aromatic rings. The van der Waals surface area contributed by atoms with Gasteiger partial charge in [-0.2, -0.15) is 0 Å². The second-order valence-corrected chi connectivity index (χ2v) is 16.5. The standard InChI is InChI=1S/C44H56N8O6/c1-24(2)36(50-43(55)57-5)41(53)49-38(26-10-7-8-11-26)40-46-23-34(48-40)30-16-18-32-28(21-30)14-13-27-20-29(15-17-31(27)32)33-22-45-39(47-33)35-12-9-19-52(35)42(54)37(25(3)4)51-44(56)58-6/h15-18,20-26,35-38H,7-14,19H2,1-6H3,(H,45,47)(H,46,48)(H,49,53)(H,50,55)(H,51,56)/t35-,36-,37-,38-/m0/s1. The van der Waals surface area contributed by atoms with E-state index in [0.717, 1.165) is 85.5 Å². The molecule has 1 saturated heterocycles. The lowest BCUT2D eigenvalue weighted by molar-refractivity contribution is -0.135. The molecular formula is C44H56N8O6. The average molecular weight is 793 g/mol. The summed E-state index contributed by atoms with van der Waals surface area (Å²) in [5, 5.41) is 8.62. The van der Waals surface area contributed by atoms with Crippen LogP contribution < -0.4 is 16.0 Å². The zero-order chi connectivity index (χ0) is 41.1. The Labute approximate surface area is 339 Å². The van der Waals surface area contributed by atoms with Crippen LogP contribution in [0.5, 0.6) is 0 Å². The molecule has 1 aliphatic heterocycles. The zero-order valence-corrected chi connectivity index (χ0v) is 34.3. The molecular weight excluding hydrogens is 737 g/mol. The summed E-state index contributed by atoms with van der Waals surface area (Å²) < 4.78 is 9.56. The third kappa shape index (κ3) is 8.46. The number of nitrogens with one attached hydrogen (secondary N) is 5. The van der Waals surface area contributed by atoms with Gasteiger partial charge in [0.25, 0.3) is 0 Å². The molecule has 4 amide bonds. The van der Waals surface area contributed by atoms with E-state index in [9.17, 15) is 19.2 Å². The van der Waals surface area contributed by atoms with Gasteiger partial charge in [-0.3, -0.25) is 9.59 Å². The van der Waals surface area contributed by atoms with E-state index in [2.05, 4.69) is 62.3 Å². The molecule has 2 fully saturated rings. The molecule has 0 bridgehead atoms. The predicted molar refractivity (Wildman–Crippen MR) is 219 cm³/mol. The SMILES string of the molecule is COC(=O)N[C@H](C(=O)N[C@H](c1ncc(-c2ccc3c(c2)CCc2cc(-c4cnc([C@@H]5CCCN5C(=O)[C@@H](NC(=O)OC)C(C)C)[nH]4)ccc2-3)[nH]1)C1CCCC1)C(C)C. The van der Waals surface area contributed by atoms with Crippen LogP contribution in [-0.4, -0.2) is 81.7 Å². The van der Waals surface area contributed by atoms with Crippen molar-refractivity contribution in [2.75, 3.05) is 20.8 Å². The van der Waals surface area contributed by atoms with Gasteiger partial charge in [-0.15, -0.1) is 0 Å². The first-order valence-electron chi connectivity index (χ1n) is 20.6. The molecule has 58 heavy (non-hydrogen) atoms. The summed E-state index contributed by atoms with van der Waals surface area (Å²) in [5.41, 5.74) is 8.80. The van der Waals surface area contributed by atoms with Crippen molar-refractivity contribution in [3.8, 4) is 33.6 Å². The highest BCUT2D eigenvalue weighted by Gasteiger charge is 2.38. The van der Waals surface area contributed by atoms with Crippen molar-refractivity contribution in [2.24, 2.45) is 17.8 Å². The fourth-order valence-electron chi connectivity index (χ4n) is 8.88. The number of alkyl carbamates (subject to hydrolysis) is 2. The molecule has 14 nitrogen and oxygen atoms in total. The Hall–Kier alpha value is -5.66. The largest absolute Gasteiger partial charge is 0.453 e. The van der Waals surface area contributed by atoms with Gasteiger partial charge in [-0.05, 0) is 102 Å². The lowest BCUT2D eigenvalue weighted by Gasteiger charge is -2.30. The number of rotatable bonds is 12. The average Bonchev–Trinajstić information content (AvgIpc) is 4.07. The van der Waals surface area contributed by atoms with E-state index in [1.807, 2.05) is 45.0 Å². The molecule has 5 N–H and O–H groups in total. The summed E-state index contributed by atoms with van der Waals surface area (Å²) >= 11 is 0. The van der Waals surface area contributed by atoms with Crippen LogP contribution in [0.2, 0.25) is 0 Å². The van der Waals surface area contributed by atoms with Crippen molar-refractivity contribution < 1.29 is 28.7 Å². The summed E-state index contributed by atoms with van der Waals surface area (Å²) in [7, 11) is 2.59. The van der Waals surface area contributed by atoms with Gasteiger partial charge in [-0.1, -0.05) is 64.8 Å². The van der Waals surface area contributed by atoms with Gasteiger partial charge in [0.1, 0.15) is 23.7 Å². The molecule has 0 radical (unpaired) electrons. The summed E-state index contributed by atoms with van der Waals surface area (Å²) in [6, 6.07) is 11.2. The maximum absolute atomic E-state index is 13.6. The maximum atomic E-state index is 13.6. The van der Waals surface area contributed by atoms with Crippen molar-refractivity contribution in [1.82, 2.24) is 40.8 Å². The topological polar surface area (TPSA) is 183 Å². The van der Waals surface area contributed by atoms with E-state index in [1.54, 1.807) is 0 Å². The Morgan fingerprint density at radius 1 is 0.724 bits per heavy atom. The van der Waals surface area contributed by atoms with Crippen molar-refractivity contribution in [3.63, 3.8) is 0 Å². The van der Waals surface area contributed by atoms with Crippen LogP contribution in [0.4, 0.5) is 9.59 Å². The zero-order valence-electron chi connectivity index (χ0n) is 34.3. The highest BCUT2D eigenvalue weighted by molar-refractivity contribution is 5.87. The molecule has 308 valence electrons. The van der Waals surface area contributed by atoms with E-state index in [1.165, 1.54) is 36.5 Å². The van der Waals surface area contributed by atoms with Gasteiger partial charge >= 0.3 is 12.2 Å². The monoisotopic (exact) mass is 792 g/mol. The summed E-state index contributed by atoms with van der Waals surface area (Å²) in [6.45, 7) is 8.21. The highest BCUT2D eigenvalue weighted by atomic mass is 16.5. The minimum atomic E-state index is -0.732. The number of ether oxygens (including phenoxy) is 2. The Balaban J connectivity index is 1.07. The number of benzene rings is 2. The van der Waals surface area contributed by atoms with Crippen LogP contribution in [0.1, 0.15) is 101 Å². The number of fused-ring (bicyclic) bond motifs is 3. The summed E-state index contributed by atoms with van der Waals surface area (Å²) in [6.07, 6.45) is 10.1. The van der Waals surface area contributed by atoms with Crippen LogP contribution in [-0.2, 0) is 31.9 Å². The lowest BCUT2D eigenvalue weighted by Crippen LogP contribution is -2.51. The first-order valence-corrected chi connectivity index (χ1v) is 20.6. The van der Waals surface area contributed by atoms with Gasteiger partial charge in [0.2, 0.25) is 11.8 Å². The maximum Gasteiger partial charge on any atom is 0.407 e. The minimum Gasteiger partial charge on any atom is -0.453 e. The molecule has 2 aliphatic carbocycles. The Morgan fingerprint density at radius 3 is 1.88 bits per heavy atom. The number of aromatic amines is 2. The first kappa shape index (κ1) is 40.5. The van der Waals surface area contributed by atoms with E-state index < -0.39 is 24.3 Å². The van der Waals surface area contributed by atoms with E-state index in [-0.39, 0.29) is 41.7 Å². The number of aromatic nitrogens is 4. The number of carbonyl (C=O) groups excluding carboxylic acids is 4. The Bertz CT molecular complexity index is 2130. The lowest BCUT2D eigenvalue weighted by atomic mass is 9.83. The van der Waals surface area contributed by atoms with Gasteiger partial charge in [0.15, 0.2) is 0 Å². The summed E-state index contributed by atoms with van der Waals surface area (Å²) in [4.78, 5) is 69.6. The van der Waals surface area contributed by atoms with Crippen LogP contribution in [0.3, 0.4) is 0 Å². The van der Waals surface area contributed by atoms with Crippen LogP contribution in [0, 0.1) is 17.8 Å². The summed E-state index contributed by atoms with van der Waals surface area (Å²) in [5.74, 6) is 1.09. The van der Waals surface area contributed by atoms with E-state index in [0.29, 0.717) is 6.54 Å². The molecule has 0 spiro atoms. The number of imidazole rings is 2. The predicted octanol–water partition coefficient (Wildman–Crippen LogP) is 7.00. The fraction of sp³-hybridized carbons (Fsp3) is 0.500. The number of H-pyrrole nitrogens is 2. The molecule has 14 heteroatoms. The van der Waals surface area contributed by atoms with E-state index >= 15 is 0 Å².